The number of nitrogens with zero attached hydrogens (tertiary/aromatic N) is 8. The molecule has 83 heavy (non-hydrogen) atoms. The van der Waals surface area contributed by atoms with Gasteiger partial charge in [-0.2, -0.15) is 10.5 Å². The monoisotopic (exact) mass is 1060 g/mol. The van der Waals surface area contributed by atoms with Gasteiger partial charge in [-0.1, -0.05) is 121 Å². The van der Waals surface area contributed by atoms with E-state index < -0.39 is 5.41 Å². The van der Waals surface area contributed by atoms with E-state index in [1.165, 1.54) is 0 Å². The minimum atomic E-state index is -1.16. The first-order valence-corrected chi connectivity index (χ1v) is 27.6. The van der Waals surface area contributed by atoms with E-state index in [0.29, 0.717) is 22.6 Å². The molecule has 0 fully saturated rings. The Morgan fingerprint density at radius 3 is 1.23 bits per heavy atom. The first kappa shape index (κ1) is 45.2. The quantitative estimate of drug-likeness (QED) is 0.173. The number of benzene rings is 10. The predicted octanol–water partition coefficient (Wildman–Crippen LogP) is 17.6. The van der Waals surface area contributed by atoms with Gasteiger partial charge in [0.25, 0.3) is 0 Å². The van der Waals surface area contributed by atoms with E-state index in [-0.39, 0.29) is 0 Å². The summed E-state index contributed by atoms with van der Waals surface area (Å²) in [5.41, 5.74) is 16.3. The molecule has 0 amide bonds. The zero-order valence-electron chi connectivity index (χ0n) is 44.0. The Morgan fingerprint density at radius 2 is 0.735 bits per heavy atom. The lowest BCUT2D eigenvalue weighted by molar-refractivity contribution is 0.434. The zero-order valence-corrected chi connectivity index (χ0v) is 44.0. The van der Waals surface area contributed by atoms with Crippen molar-refractivity contribution < 1.29 is 9.47 Å². The third-order valence-corrected chi connectivity index (χ3v) is 17.4. The van der Waals surface area contributed by atoms with Gasteiger partial charge in [0.05, 0.1) is 120 Å². The molecule has 10 heteroatoms. The second-order valence-electron chi connectivity index (χ2n) is 21.5. The van der Waals surface area contributed by atoms with Crippen LogP contribution in [-0.2, 0) is 5.41 Å². The molecule has 3 aliphatic rings. The maximum absolute atomic E-state index is 10.2. The van der Waals surface area contributed by atoms with Crippen molar-refractivity contribution in [3.63, 3.8) is 0 Å². The van der Waals surface area contributed by atoms with Gasteiger partial charge in [-0.15, -0.1) is 0 Å². The summed E-state index contributed by atoms with van der Waals surface area (Å²) in [5.74, 6) is 2.79. The maximum atomic E-state index is 10.2. The standard InChI is InChI=1S/C73H40N8O2/c74-39-43-31-33-61-51(35-43)49-17-3-5-21-57(49)78(61)45-37-55-69(76-41-45)70-56(38-46(42-77-70)79-58-22-6-4-18-50(58)52-36-44(40-75)32-34-62(52)79)73(55)53-19-13-27-65(80-59-23-7-1-15-47(59)48-16-2-8-24-60(48)80)71(53)83-72-54(73)20-14-28-66(72)81-63-25-9-11-29-67(63)82-68-30-12-10-26-64(68)81/h1-38,41-42H. The minimum Gasteiger partial charge on any atom is -0.453 e. The van der Waals surface area contributed by atoms with Gasteiger partial charge in [-0.05, 0) is 109 Å². The van der Waals surface area contributed by atoms with Crippen LogP contribution >= 0.6 is 0 Å². The van der Waals surface area contributed by atoms with Gasteiger partial charge >= 0.3 is 0 Å². The molecule has 0 saturated carbocycles. The Morgan fingerprint density at radius 1 is 0.337 bits per heavy atom. The summed E-state index contributed by atoms with van der Waals surface area (Å²) in [5, 5.41) is 26.6. The van der Waals surface area contributed by atoms with Crippen LogP contribution in [0.5, 0.6) is 23.0 Å². The first-order chi connectivity index (χ1) is 41.1. The number of aromatic nitrogens is 5. The van der Waals surface area contributed by atoms with Crippen molar-refractivity contribution in [3.8, 4) is 63.6 Å². The van der Waals surface area contributed by atoms with Gasteiger partial charge in [-0.3, -0.25) is 14.9 Å². The van der Waals surface area contributed by atoms with Gasteiger partial charge in [0, 0.05) is 54.6 Å². The van der Waals surface area contributed by atoms with Crippen molar-refractivity contribution in [1.29, 1.82) is 10.5 Å². The highest BCUT2D eigenvalue weighted by molar-refractivity contribution is 6.12. The maximum Gasteiger partial charge on any atom is 0.156 e. The molecule has 10 nitrogen and oxygen atoms in total. The molecule has 0 saturated heterocycles. The zero-order chi connectivity index (χ0) is 54.7. The van der Waals surface area contributed by atoms with E-state index in [0.717, 1.165) is 145 Å². The number of pyridine rings is 2. The van der Waals surface area contributed by atoms with Crippen LogP contribution in [0.4, 0.5) is 17.1 Å². The van der Waals surface area contributed by atoms with Crippen LogP contribution in [0, 0.1) is 22.7 Å². The van der Waals surface area contributed by atoms with Crippen molar-refractivity contribution in [1.82, 2.24) is 23.7 Å². The van der Waals surface area contributed by atoms with Crippen molar-refractivity contribution >= 4 is 82.5 Å². The van der Waals surface area contributed by atoms with Crippen LogP contribution < -0.4 is 14.4 Å². The lowest BCUT2D eigenvalue weighted by Gasteiger charge is -2.42. The topological polar surface area (TPSA) is 110 Å². The van der Waals surface area contributed by atoms with E-state index in [4.69, 9.17) is 19.4 Å². The lowest BCUT2D eigenvalue weighted by Crippen LogP contribution is -2.33. The fourth-order valence-corrected chi connectivity index (χ4v) is 14.1. The normalized spacial score (nSPS) is 13.3. The summed E-state index contributed by atoms with van der Waals surface area (Å²) >= 11 is 0. The van der Waals surface area contributed by atoms with Gasteiger partial charge in [0.2, 0.25) is 0 Å². The first-order valence-electron chi connectivity index (χ1n) is 27.6. The summed E-state index contributed by atoms with van der Waals surface area (Å²) < 4.78 is 21.5. The average molecular weight is 1060 g/mol. The van der Waals surface area contributed by atoms with Crippen LogP contribution in [0.15, 0.2) is 243 Å². The molecule has 5 aromatic heterocycles. The number of hydrogen-bond acceptors (Lipinski definition) is 7. The molecular weight excluding hydrogens is 1020 g/mol. The third-order valence-electron chi connectivity index (χ3n) is 17.4. The van der Waals surface area contributed by atoms with Gasteiger partial charge < -0.3 is 23.2 Å². The number of para-hydroxylation sites is 10. The van der Waals surface area contributed by atoms with Gasteiger partial charge in [0.1, 0.15) is 0 Å². The number of anilines is 3. The van der Waals surface area contributed by atoms with E-state index >= 15 is 0 Å². The fraction of sp³-hybridized carbons (Fsp3) is 0.0137. The highest BCUT2D eigenvalue weighted by Gasteiger charge is 2.54. The van der Waals surface area contributed by atoms with E-state index in [1.807, 2.05) is 97.3 Å². The lowest BCUT2D eigenvalue weighted by atomic mass is 9.66. The number of rotatable bonds is 4. The van der Waals surface area contributed by atoms with E-state index in [1.54, 1.807) is 0 Å². The third kappa shape index (κ3) is 5.97. The number of nitriles is 2. The summed E-state index contributed by atoms with van der Waals surface area (Å²) in [6, 6.07) is 84.6. The van der Waals surface area contributed by atoms with Crippen molar-refractivity contribution in [2.24, 2.45) is 0 Å². The molecule has 7 heterocycles. The molecule has 0 bridgehead atoms. The SMILES string of the molecule is N#Cc1ccc2c(c1)c1ccccc1n2-c1cnc2c(c1)C1(c3cc(-n4c5ccccc5c5cc(C#N)ccc54)cnc3-2)c2cccc(N3c4ccccc4Oc4ccccc43)c2Oc2c(-n3c4ccccc4c4ccccc43)cccc21. The molecule has 15 aromatic rings. The Hall–Kier alpha value is -11.7. The molecule has 0 N–H and O–H groups in total. The number of hydrogen-bond donors (Lipinski definition) is 0. The van der Waals surface area contributed by atoms with Crippen LogP contribution in [0.2, 0.25) is 0 Å². The number of fused-ring (bicyclic) bond motifs is 20. The van der Waals surface area contributed by atoms with Crippen LogP contribution in [0.25, 0.3) is 93.9 Å². The van der Waals surface area contributed by atoms with Crippen molar-refractivity contribution in [3.05, 3.63) is 276 Å². The van der Waals surface area contributed by atoms with Crippen molar-refractivity contribution in [2.45, 2.75) is 5.41 Å². The molecule has 0 radical (unpaired) electrons. The molecule has 0 unspecified atom stereocenters. The van der Waals surface area contributed by atoms with E-state index in [9.17, 15) is 10.5 Å². The smallest absolute Gasteiger partial charge is 0.156 e. The van der Waals surface area contributed by atoms with Crippen LogP contribution in [0.1, 0.15) is 33.4 Å². The molecule has 18 rings (SSSR count). The number of ether oxygens (including phenoxy) is 2. The Bertz CT molecular complexity index is 5200. The summed E-state index contributed by atoms with van der Waals surface area (Å²) in [4.78, 5) is 13.5. The van der Waals surface area contributed by atoms with Crippen LogP contribution in [-0.4, -0.2) is 23.7 Å². The van der Waals surface area contributed by atoms with Gasteiger partial charge in [0.15, 0.2) is 23.0 Å². The molecule has 1 aliphatic carbocycles. The van der Waals surface area contributed by atoms with Crippen LogP contribution in [0.3, 0.4) is 0 Å². The molecule has 2 aliphatic heterocycles. The second-order valence-corrected chi connectivity index (χ2v) is 21.5. The average Bonchev–Trinajstić information content (AvgIpc) is 2.77. The Kier molecular flexibility index (Phi) is 9.07. The molecule has 10 aromatic carbocycles. The summed E-state index contributed by atoms with van der Waals surface area (Å²) in [6.45, 7) is 0. The second kappa shape index (κ2) is 16.7. The predicted molar refractivity (Wildman–Crippen MR) is 327 cm³/mol. The molecule has 384 valence electrons. The molecular formula is C73H40N8O2. The largest absolute Gasteiger partial charge is 0.453 e. The Balaban J connectivity index is 1.01. The highest BCUT2D eigenvalue weighted by atomic mass is 16.5. The fourth-order valence-electron chi connectivity index (χ4n) is 14.1. The summed E-state index contributed by atoms with van der Waals surface area (Å²) in [7, 11) is 0. The van der Waals surface area contributed by atoms with Crippen molar-refractivity contribution in [2.75, 3.05) is 4.90 Å². The minimum absolute atomic E-state index is 0.591. The Labute approximate surface area is 474 Å². The van der Waals surface area contributed by atoms with E-state index in [2.05, 4.69) is 176 Å². The molecule has 1 spiro atoms. The molecule has 0 atom stereocenters. The summed E-state index contributed by atoms with van der Waals surface area (Å²) in [6.07, 6.45) is 3.93. The highest BCUT2D eigenvalue weighted by Crippen LogP contribution is 2.66. The van der Waals surface area contributed by atoms with Gasteiger partial charge in [-0.25, -0.2) is 0 Å².